The van der Waals surface area contributed by atoms with Gasteiger partial charge in [0.15, 0.2) is 5.78 Å². The molecule has 0 bridgehead atoms. The number of hydrogen-bond acceptors (Lipinski definition) is 2. The zero-order chi connectivity index (χ0) is 7.40. The summed E-state index contributed by atoms with van der Waals surface area (Å²) in [7, 11) is 0. The number of allylic oxidation sites excluding steroid dienone is 2. The van der Waals surface area contributed by atoms with Crippen LogP contribution in [0.5, 0.6) is 0 Å². The van der Waals surface area contributed by atoms with Gasteiger partial charge in [0.25, 0.3) is 0 Å². The molecule has 0 aromatic heterocycles. The molecule has 0 aliphatic carbocycles. The summed E-state index contributed by atoms with van der Waals surface area (Å²) >= 11 is 0. The fourth-order valence-corrected chi connectivity index (χ4v) is 0.723. The second-order valence-corrected chi connectivity index (χ2v) is 2.00. The summed E-state index contributed by atoms with van der Waals surface area (Å²) in [4.78, 5) is 14.6. The smallest absolute Gasteiger partial charge is 0.170 e. The van der Waals surface area contributed by atoms with Crippen LogP contribution in [0, 0.1) is 6.08 Å². The average molecular weight is 134 g/mol. The maximum Gasteiger partial charge on any atom is 0.170 e. The Morgan fingerprint density at radius 3 is 3.30 bits per heavy atom. The maximum absolute atomic E-state index is 10.7. The molecular weight excluding hydrogens is 126 g/mol. The van der Waals surface area contributed by atoms with Crippen molar-refractivity contribution in [3.63, 3.8) is 0 Å². The molecule has 0 saturated heterocycles. The average Bonchev–Trinajstić information content (AvgIpc) is 1.88. The van der Waals surface area contributed by atoms with Crippen LogP contribution in [0.2, 0.25) is 0 Å². The molecule has 10 heavy (non-hydrogen) atoms. The molecule has 0 fully saturated rings. The van der Waals surface area contributed by atoms with E-state index in [-0.39, 0.29) is 5.78 Å². The van der Waals surface area contributed by atoms with Crippen molar-refractivity contribution in [3.05, 3.63) is 24.4 Å². The molecule has 2 heteroatoms. The molecule has 0 aromatic rings. The first-order valence-corrected chi connectivity index (χ1v) is 3.12. The number of ketones is 1. The first-order chi connectivity index (χ1) is 4.83. The lowest BCUT2D eigenvalue weighted by atomic mass is 10.2. The molecule has 0 N–H and O–H groups in total. The van der Waals surface area contributed by atoms with E-state index in [4.69, 9.17) is 0 Å². The first kappa shape index (κ1) is 6.93. The molecule has 0 atom stereocenters. The molecule has 1 heterocycles. The largest absolute Gasteiger partial charge is 0.294 e. The lowest BCUT2D eigenvalue weighted by Gasteiger charge is -1.99. The van der Waals surface area contributed by atoms with E-state index in [0.29, 0.717) is 18.5 Å². The summed E-state index contributed by atoms with van der Waals surface area (Å²) in [6, 6.07) is 0. The summed E-state index contributed by atoms with van der Waals surface area (Å²) in [6.45, 7) is 3.53. The van der Waals surface area contributed by atoms with Crippen LogP contribution in [-0.2, 0) is 4.79 Å². The van der Waals surface area contributed by atoms with Crippen molar-refractivity contribution in [1.82, 2.24) is 0 Å². The van der Waals surface area contributed by atoms with Gasteiger partial charge in [0, 0.05) is 19.1 Å². The van der Waals surface area contributed by atoms with Crippen LogP contribution < -0.4 is 0 Å². The Morgan fingerprint density at radius 2 is 2.70 bits per heavy atom. The van der Waals surface area contributed by atoms with Gasteiger partial charge in [-0.2, -0.15) is 0 Å². The molecule has 0 aromatic carbocycles. The van der Waals surface area contributed by atoms with Gasteiger partial charge in [0.2, 0.25) is 0 Å². The fraction of sp³-hybridized carbons (Fsp3) is 0.250. The van der Waals surface area contributed by atoms with Crippen molar-refractivity contribution in [2.24, 2.45) is 4.99 Å². The number of carbonyl (C=O) groups excluding carboxylic acids is 1. The van der Waals surface area contributed by atoms with Crippen LogP contribution in [0.3, 0.4) is 0 Å². The Labute approximate surface area is 60.0 Å². The van der Waals surface area contributed by atoms with Gasteiger partial charge in [-0.25, -0.2) is 0 Å². The van der Waals surface area contributed by atoms with Crippen molar-refractivity contribution in [1.29, 1.82) is 0 Å². The second-order valence-electron chi connectivity index (χ2n) is 2.00. The molecule has 1 aliphatic rings. The highest BCUT2D eigenvalue weighted by molar-refractivity contribution is 5.98. The zero-order valence-electron chi connectivity index (χ0n) is 5.63. The zero-order valence-corrected chi connectivity index (χ0v) is 5.63. The SMILES string of the molecule is C=CCC1=[C]C(=O)CC=N1. The van der Waals surface area contributed by atoms with E-state index in [1.54, 1.807) is 12.3 Å². The molecule has 1 aliphatic heterocycles. The first-order valence-electron chi connectivity index (χ1n) is 3.12. The monoisotopic (exact) mass is 134 g/mol. The van der Waals surface area contributed by atoms with Crippen LogP contribution in [0.1, 0.15) is 12.8 Å². The normalized spacial score (nSPS) is 16.8. The van der Waals surface area contributed by atoms with Gasteiger partial charge in [-0.1, -0.05) is 6.08 Å². The van der Waals surface area contributed by atoms with Crippen molar-refractivity contribution in [2.75, 3.05) is 0 Å². The molecule has 51 valence electrons. The van der Waals surface area contributed by atoms with Crippen molar-refractivity contribution >= 4 is 12.0 Å². The van der Waals surface area contributed by atoms with Crippen LogP contribution in [0.15, 0.2) is 23.3 Å². The molecule has 0 amide bonds. The topological polar surface area (TPSA) is 29.4 Å². The third-order valence-corrected chi connectivity index (χ3v) is 1.15. The molecule has 0 saturated carbocycles. The number of Topliss-reactive ketones (excluding diaryl/α,β-unsaturated/α-hetero) is 1. The number of carbonyl (C=O) groups is 1. The maximum atomic E-state index is 10.7. The highest BCUT2D eigenvalue weighted by Crippen LogP contribution is 2.06. The predicted octanol–water partition coefficient (Wildman–Crippen LogP) is 1.29. The van der Waals surface area contributed by atoms with E-state index in [1.807, 2.05) is 0 Å². The van der Waals surface area contributed by atoms with Gasteiger partial charge in [-0.3, -0.25) is 9.79 Å². The minimum absolute atomic E-state index is 0.00634. The van der Waals surface area contributed by atoms with Crippen molar-refractivity contribution < 1.29 is 4.79 Å². The van der Waals surface area contributed by atoms with E-state index in [2.05, 4.69) is 17.6 Å². The Kier molecular flexibility index (Phi) is 2.15. The van der Waals surface area contributed by atoms with Gasteiger partial charge in [0.1, 0.15) is 0 Å². The van der Waals surface area contributed by atoms with Crippen molar-refractivity contribution in [2.45, 2.75) is 12.8 Å². The number of hydrogen-bond donors (Lipinski definition) is 0. The third-order valence-electron chi connectivity index (χ3n) is 1.15. The summed E-state index contributed by atoms with van der Waals surface area (Å²) in [5.41, 5.74) is 0.686. The summed E-state index contributed by atoms with van der Waals surface area (Å²) in [5, 5.41) is 0. The summed E-state index contributed by atoms with van der Waals surface area (Å²) < 4.78 is 0. The van der Waals surface area contributed by atoms with Gasteiger partial charge < -0.3 is 0 Å². The molecular formula is C8H8NO. The Balaban J connectivity index is 2.66. The van der Waals surface area contributed by atoms with E-state index in [0.717, 1.165) is 0 Å². The molecule has 2 nitrogen and oxygen atoms in total. The molecule has 1 rings (SSSR count). The Bertz CT molecular complexity index is 213. The van der Waals surface area contributed by atoms with E-state index in [9.17, 15) is 4.79 Å². The fourth-order valence-electron chi connectivity index (χ4n) is 0.723. The molecule has 0 unspecified atom stereocenters. The number of aliphatic imine (C=N–C) groups is 1. The lowest BCUT2D eigenvalue weighted by molar-refractivity contribution is -0.114. The van der Waals surface area contributed by atoms with Crippen LogP contribution in [0.25, 0.3) is 0 Å². The minimum Gasteiger partial charge on any atom is -0.294 e. The molecule has 0 spiro atoms. The number of nitrogens with zero attached hydrogens (tertiary/aromatic N) is 1. The quantitative estimate of drug-likeness (QED) is 0.523. The van der Waals surface area contributed by atoms with Crippen LogP contribution in [-0.4, -0.2) is 12.0 Å². The summed E-state index contributed by atoms with van der Waals surface area (Å²) in [5.74, 6) is 0.00634. The van der Waals surface area contributed by atoms with Gasteiger partial charge >= 0.3 is 0 Å². The number of rotatable bonds is 2. The highest BCUT2D eigenvalue weighted by atomic mass is 16.1. The van der Waals surface area contributed by atoms with Crippen molar-refractivity contribution in [3.8, 4) is 0 Å². The standard InChI is InChI=1S/C8H8NO/c1-2-3-7-6-8(10)4-5-9-7/h2,5H,1,3-4H2. The van der Waals surface area contributed by atoms with Crippen LogP contribution in [0.4, 0.5) is 0 Å². The third kappa shape index (κ3) is 1.65. The van der Waals surface area contributed by atoms with E-state index < -0.39 is 0 Å². The van der Waals surface area contributed by atoms with Crippen LogP contribution >= 0.6 is 0 Å². The van der Waals surface area contributed by atoms with Gasteiger partial charge in [0.05, 0.1) is 11.8 Å². The lowest BCUT2D eigenvalue weighted by Crippen LogP contribution is -2.01. The Hall–Kier alpha value is -1.18. The van der Waals surface area contributed by atoms with Gasteiger partial charge in [-0.15, -0.1) is 6.58 Å². The predicted molar refractivity (Wildman–Crippen MR) is 39.7 cm³/mol. The highest BCUT2D eigenvalue weighted by Gasteiger charge is 2.03. The summed E-state index contributed by atoms with van der Waals surface area (Å²) in [6.07, 6.45) is 6.96. The minimum atomic E-state index is 0.00634. The molecule has 1 radical (unpaired) electrons. The van der Waals surface area contributed by atoms with E-state index >= 15 is 0 Å². The van der Waals surface area contributed by atoms with Gasteiger partial charge in [-0.05, 0) is 0 Å². The Morgan fingerprint density at radius 1 is 1.90 bits per heavy atom. The second kappa shape index (κ2) is 3.11. The van der Waals surface area contributed by atoms with E-state index in [1.165, 1.54) is 0 Å².